The Labute approximate surface area is 85.3 Å². The second-order valence-corrected chi connectivity index (χ2v) is 4.38. The van der Waals surface area contributed by atoms with Crippen LogP contribution >= 0.6 is 0 Å². The lowest BCUT2D eigenvalue weighted by molar-refractivity contribution is 0.630. The maximum absolute atomic E-state index is 5.97. The van der Waals surface area contributed by atoms with Crippen LogP contribution in [0, 0.1) is 0 Å². The molecule has 3 heteroatoms. The smallest absolute Gasteiger partial charge is 0.0580 e. The Morgan fingerprint density at radius 1 is 1.50 bits per heavy atom. The first-order chi connectivity index (χ1) is 6.70. The summed E-state index contributed by atoms with van der Waals surface area (Å²) in [4.78, 5) is 0. The molecule has 0 saturated heterocycles. The van der Waals surface area contributed by atoms with Crippen molar-refractivity contribution in [3.8, 4) is 0 Å². The molecule has 2 rings (SSSR count). The molecular formula is C11H19N3. The molecule has 0 amide bonds. The molecule has 1 aliphatic rings. The maximum atomic E-state index is 5.97. The highest BCUT2D eigenvalue weighted by molar-refractivity contribution is 5.25. The molecule has 1 aromatic heterocycles. The second kappa shape index (κ2) is 3.73. The van der Waals surface area contributed by atoms with E-state index in [9.17, 15) is 0 Å². The van der Waals surface area contributed by atoms with Crippen LogP contribution in [0.1, 0.15) is 55.8 Å². The van der Waals surface area contributed by atoms with E-state index in [4.69, 9.17) is 5.73 Å². The SMILES string of the molecule is CC(N)c1c(C2CCCC2)cnn1C. The van der Waals surface area contributed by atoms with Crippen LogP contribution < -0.4 is 5.73 Å². The molecule has 0 aromatic carbocycles. The number of hydrogen-bond donors (Lipinski definition) is 1. The largest absolute Gasteiger partial charge is 0.323 e. The van der Waals surface area contributed by atoms with Crippen LogP contribution in [0.15, 0.2) is 6.20 Å². The molecule has 14 heavy (non-hydrogen) atoms. The van der Waals surface area contributed by atoms with E-state index < -0.39 is 0 Å². The molecule has 3 nitrogen and oxygen atoms in total. The third-order valence-electron chi connectivity index (χ3n) is 3.24. The van der Waals surface area contributed by atoms with Gasteiger partial charge in [-0.3, -0.25) is 4.68 Å². The molecule has 1 aliphatic carbocycles. The summed E-state index contributed by atoms with van der Waals surface area (Å²) in [5, 5.41) is 4.32. The van der Waals surface area contributed by atoms with E-state index in [1.54, 1.807) is 0 Å². The summed E-state index contributed by atoms with van der Waals surface area (Å²) in [5.74, 6) is 0.713. The van der Waals surface area contributed by atoms with Crippen LogP contribution in [0.25, 0.3) is 0 Å². The zero-order chi connectivity index (χ0) is 10.1. The number of nitrogens with two attached hydrogens (primary N) is 1. The predicted molar refractivity (Wildman–Crippen MR) is 57.0 cm³/mol. The Kier molecular flexibility index (Phi) is 2.59. The first kappa shape index (κ1) is 9.71. The zero-order valence-electron chi connectivity index (χ0n) is 9.03. The van der Waals surface area contributed by atoms with E-state index in [1.807, 2.05) is 24.9 Å². The van der Waals surface area contributed by atoms with Gasteiger partial charge in [0.2, 0.25) is 0 Å². The highest BCUT2D eigenvalue weighted by atomic mass is 15.3. The minimum absolute atomic E-state index is 0.0955. The molecule has 2 N–H and O–H groups in total. The number of rotatable bonds is 2. The normalized spacial score (nSPS) is 20.2. The Morgan fingerprint density at radius 2 is 2.14 bits per heavy atom. The summed E-state index contributed by atoms with van der Waals surface area (Å²) in [7, 11) is 1.98. The van der Waals surface area contributed by atoms with Crippen LogP contribution in [0.3, 0.4) is 0 Å². The van der Waals surface area contributed by atoms with Crippen molar-refractivity contribution < 1.29 is 0 Å². The molecule has 1 fully saturated rings. The number of nitrogens with zero attached hydrogens (tertiary/aromatic N) is 2. The van der Waals surface area contributed by atoms with Crippen LogP contribution in [0.2, 0.25) is 0 Å². The summed E-state index contributed by atoms with van der Waals surface area (Å²) in [5.41, 5.74) is 8.57. The Balaban J connectivity index is 2.32. The fourth-order valence-electron chi connectivity index (χ4n) is 2.57. The second-order valence-electron chi connectivity index (χ2n) is 4.38. The molecular weight excluding hydrogens is 174 g/mol. The van der Waals surface area contributed by atoms with Crippen LogP contribution in [0.5, 0.6) is 0 Å². The lowest BCUT2D eigenvalue weighted by Crippen LogP contribution is -2.13. The van der Waals surface area contributed by atoms with E-state index in [0.29, 0.717) is 5.92 Å². The molecule has 1 unspecified atom stereocenters. The first-order valence-corrected chi connectivity index (χ1v) is 5.47. The topological polar surface area (TPSA) is 43.8 Å². The third-order valence-corrected chi connectivity index (χ3v) is 3.24. The van der Waals surface area contributed by atoms with Crippen LogP contribution in [0.4, 0.5) is 0 Å². The monoisotopic (exact) mass is 193 g/mol. The van der Waals surface area contributed by atoms with Gasteiger partial charge in [0, 0.05) is 13.1 Å². The zero-order valence-corrected chi connectivity index (χ0v) is 9.03. The highest BCUT2D eigenvalue weighted by Crippen LogP contribution is 2.36. The lowest BCUT2D eigenvalue weighted by Gasteiger charge is -2.13. The molecule has 1 saturated carbocycles. The van der Waals surface area contributed by atoms with Crippen molar-refractivity contribution in [2.45, 2.75) is 44.6 Å². The molecule has 0 radical (unpaired) electrons. The van der Waals surface area contributed by atoms with Crippen LogP contribution in [-0.2, 0) is 7.05 Å². The maximum Gasteiger partial charge on any atom is 0.0580 e. The quantitative estimate of drug-likeness (QED) is 0.781. The summed E-state index contributed by atoms with van der Waals surface area (Å²) in [6.45, 7) is 2.04. The summed E-state index contributed by atoms with van der Waals surface area (Å²) in [6.07, 6.45) is 7.35. The van der Waals surface area contributed by atoms with E-state index in [0.717, 1.165) is 0 Å². The summed E-state index contributed by atoms with van der Waals surface area (Å²) >= 11 is 0. The molecule has 1 heterocycles. The van der Waals surface area contributed by atoms with Gasteiger partial charge in [-0.15, -0.1) is 0 Å². The summed E-state index contributed by atoms with van der Waals surface area (Å²) in [6, 6.07) is 0.0955. The molecule has 1 atom stereocenters. The minimum atomic E-state index is 0.0955. The fourth-order valence-corrected chi connectivity index (χ4v) is 2.57. The predicted octanol–water partition coefficient (Wildman–Crippen LogP) is 2.10. The van der Waals surface area contributed by atoms with E-state index in [1.165, 1.54) is 36.9 Å². The van der Waals surface area contributed by atoms with Gasteiger partial charge in [0.05, 0.1) is 11.9 Å². The van der Waals surface area contributed by atoms with E-state index in [2.05, 4.69) is 5.10 Å². The molecule has 0 bridgehead atoms. The molecule has 0 aliphatic heterocycles. The van der Waals surface area contributed by atoms with Crippen molar-refractivity contribution in [2.75, 3.05) is 0 Å². The fraction of sp³-hybridized carbons (Fsp3) is 0.727. The molecule has 0 spiro atoms. The number of aromatic nitrogens is 2. The van der Waals surface area contributed by atoms with Gasteiger partial charge in [-0.05, 0) is 31.2 Å². The number of hydrogen-bond acceptors (Lipinski definition) is 2. The standard InChI is InChI=1S/C11H19N3/c1-8(12)11-10(7-13-14(11)2)9-5-3-4-6-9/h7-9H,3-6,12H2,1-2H3. The average molecular weight is 193 g/mol. The van der Waals surface area contributed by atoms with Crippen LogP contribution in [-0.4, -0.2) is 9.78 Å². The van der Waals surface area contributed by atoms with Crippen molar-refractivity contribution in [1.29, 1.82) is 0 Å². The Bertz CT molecular complexity index is 308. The van der Waals surface area contributed by atoms with Crippen molar-refractivity contribution in [3.05, 3.63) is 17.5 Å². The first-order valence-electron chi connectivity index (χ1n) is 5.47. The van der Waals surface area contributed by atoms with E-state index >= 15 is 0 Å². The molecule has 1 aromatic rings. The summed E-state index contributed by atoms with van der Waals surface area (Å²) < 4.78 is 1.93. The molecule has 78 valence electrons. The van der Waals surface area contributed by atoms with Crippen molar-refractivity contribution in [1.82, 2.24) is 9.78 Å². The van der Waals surface area contributed by atoms with Gasteiger partial charge in [-0.2, -0.15) is 5.10 Å². The Morgan fingerprint density at radius 3 is 2.71 bits per heavy atom. The highest BCUT2D eigenvalue weighted by Gasteiger charge is 2.23. The van der Waals surface area contributed by atoms with Gasteiger partial charge in [0.25, 0.3) is 0 Å². The van der Waals surface area contributed by atoms with Gasteiger partial charge in [0.15, 0.2) is 0 Å². The van der Waals surface area contributed by atoms with Gasteiger partial charge < -0.3 is 5.73 Å². The third kappa shape index (κ3) is 1.57. The van der Waals surface area contributed by atoms with Gasteiger partial charge in [0.1, 0.15) is 0 Å². The minimum Gasteiger partial charge on any atom is -0.323 e. The van der Waals surface area contributed by atoms with Gasteiger partial charge in [-0.25, -0.2) is 0 Å². The van der Waals surface area contributed by atoms with Crippen molar-refractivity contribution in [2.24, 2.45) is 12.8 Å². The van der Waals surface area contributed by atoms with Crippen molar-refractivity contribution >= 4 is 0 Å². The number of aryl methyl sites for hydroxylation is 1. The van der Waals surface area contributed by atoms with E-state index in [-0.39, 0.29) is 6.04 Å². The van der Waals surface area contributed by atoms with Gasteiger partial charge in [-0.1, -0.05) is 12.8 Å². The lowest BCUT2D eigenvalue weighted by atomic mass is 9.96. The van der Waals surface area contributed by atoms with Gasteiger partial charge >= 0.3 is 0 Å². The van der Waals surface area contributed by atoms with Crippen molar-refractivity contribution in [3.63, 3.8) is 0 Å². The average Bonchev–Trinajstić information content (AvgIpc) is 2.70. The Hall–Kier alpha value is -0.830.